The van der Waals surface area contributed by atoms with Crippen LogP contribution in [-0.4, -0.2) is 9.55 Å². The highest BCUT2D eigenvalue weighted by Gasteiger charge is 2.22. The molecule has 2 aromatic rings. The average molecular weight is 298 g/mol. The third-order valence-electron chi connectivity index (χ3n) is 3.25. The van der Waals surface area contributed by atoms with E-state index in [9.17, 15) is 13.2 Å². The van der Waals surface area contributed by atoms with Crippen LogP contribution in [0.4, 0.5) is 13.2 Å². The molecule has 0 aliphatic rings. The second-order valence-corrected chi connectivity index (χ2v) is 4.74. The Morgan fingerprint density at radius 1 is 1.29 bits per heavy atom. The number of aromatic nitrogens is 2. The molecule has 0 amide bonds. The van der Waals surface area contributed by atoms with E-state index in [0.29, 0.717) is 18.0 Å². The minimum atomic E-state index is -0.968. The molecule has 1 aromatic carbocycles. The Morgan fingerprint density at radius 3 is 2.52 bits per heavy atom. The summed E-state index contributed by atoms with van der Waals surface area (Å²) in [6.07, 6.45) is 4.52. The Hall–Kier alpha value is -1.86. The highest BCUT2D eigenvalue weighted by Crippen LogP contribution is 2.24. The van der Waals surface area contributed by atoms with Gasteiger partial charge in [0.1, 0.15) is 23.3 Å². The van der Waals surface area contributed by atoms with Crippen molar-refractivity contribution >= 4 is 0 Å². The molecule has 0 aliphatic carbocycles. The van der Waals surface area contributed by atoms with Crippen molar-refractivity contribution in [1.29, 1.82) is 0 Å². The van der Waals surface area contributed by atoms with Crippen molar-refractivity contribution in [1.82, 2.24) is 15.0 Å². The number of imidazole rings is 1. The Kier molecular flexibility index (Phi) is 4.98. The van der Waals surface area contributed by atoms with Crippen LogP contribution in [0.25, 0.3) is 0 Å². The lowest BCUT2D eigenvalue weighted by Crippen LogP contribution is -2.32. The van der Waals surface area contributed by atoms with Gasteiger partial charge in [-0.15, -0.1) is 0 Å². The van der Waals surface area contributed by atoms with Gasteiger partial charge in [-0.1, -0.05) is 6.92 Å². The molecular formula is C14H17F3N4. The summed E-state index contributed by atoms with van der Waals surface area (Å²) in [7, 11) is 0. The topological polar surface area (TPSA) is 55.9 Å². The van der Waals surface area contributed by atoms with Gasteiger partial charge in [-0.2, -0.15) is 0 Å². The zero-order valence-electron chi connectivity index (χ0n) is 11.6. The summed E-state index contributed by atoms with van der Waals surface area (Å²) in [4.78, 5) is 4.17. The number of hydrogen-bond donors (Lipinski definition) is 2. The maximum atomic E-state index is 13.8. The molecule has 1 aromatic heterocycles. The van der Waals surface area contributed by atoms with E-state index < -0.39 is 23.5 Å². The van der Waals surface area contributed by atoms with Gasteiger partial charge in [0.15, 0.2) is 0 Å². The first-order valence-electron chi connectivity index (χ1n) is 6.67. The number of halogens is 3. The lowest BCUT2D eigenvalue weighted by molar-refractivity contribution is 0.450. The fourth-order valence-corrected chi connectivity index (χ4v) is 2.29. The quantitative estimate of drug-likeness (QED) is 0.636. The van der Waals surface area contributed by atoms with Gasteiger partial charge in [0.25, 0.3) is 0 Å². The van der Waals surface area contributed by atoms with Crippen LogP contribution in [0.3, 0.4) is 0 Å². The monoisotopic (exact) mass is 298 g/mol. The molecule has 0 saturated heterocycles. The average Bonchev–Trinajstić information content (AvgIpc) is 2.84. The summed E-state index contributed by atoms with van der Waals surface area (Å²) in [6, 6.07) is 0.450. The first kappa shape index (κ1) is 15.5. The zero-order chi connectivity index (χ0) is 15.4. The molecule has 7 heteroatoms. The second-order valence-electron chi connectivity index (χ2n) is 4.74. The second kappa shape index (κ2) is 6.73. The van der Waals surface area contributed by atoms with Crippen molar-refractivity contribution in [2.45, 2.75) is 32.4 Å². The molecule has 1 atom stereocenters. The molecule has 0 aliphatic heterocycles. The number of nitrogens with zero attached hydrogens (tertiary/aromatic N) is 2. The van der Waals surface area contributed by atoms with Crippen LogP contribution in [-0.2, 0) is 13.0 Å². The largest absolute Gasteiger partial charge is 0.335 e. The van der Waals surface area contributed by atoms with Crippen molar-refractivity contribution in [3.8, 4) is 0 Å². The van der Waals surface area contributed by atoms with E-state index in [2.05, 4.69) is 10.4 Å². The molecule has 2 rings (SSSR count). The lowest BCUT2D eigenvalue weighted by Gasteiger charge is -2.18. The smallest absolute Gasteiger partial charge is 0.133 e. The number of hydrazine groups is 1. The summed E-state index contributed by atoms with van der Waals surface area (Å²) >= 11 is 0. The van der Waals surface area contributed by atoms with E-state index in [4.69, 9.17) is 5.84 Å². The summed E-state index contributed by atoms with van der Waals surface area (Å²) in [5, 5.41) is 0. The van der Waals surface area contributed by atoms with Crippen molar-refractivity contribution in [3.63, 3.8) is 0 Å². The van der Waals surface area contributed by atoms with E-state index in [1.54, 1.807) is 12.4 Å². The molecule has 0 radical (unpaired) electrons. The highest BCUT2D eigenvalue weighted by molar-refractivity contribution is 5.25. The van der Waals surface area contributed by atoms with Gasteiger partial charge in [0.2, 0.25) is 0 Å². The number of rotatable bonds is 6. The minimum absolute atomic E-state index is 0.197. The Labute approximate surface area is 120 Å². The van der Waals surface area contributed by atoms with Crippen molar-refractivity contribution in [3.05, 3.63) is 53.4 Å². The molecule has 1 unspecified atom stereocenters. The first-order chi connectivity index (χ1) is 10.1. The standard InChI is InChI=1S/C14H17F3N4/c1-2-4-21-5-3-19-13(21)8-12(20-18)14-10(16)6-9(15)7-11(14)17/h3,5-7,12,20H,2,4,8,18H2,1H3. The van der Waals surface area contributed by atoms with Crippen molar-refractivity contribution < 1.29 is 13.2 Å². The van der Waals surface area contributed by atoms with Gasteiger partial charge in [-0.25, -0.2) is 18.2 Å². The van der Waals surface area contributed by atoms with Crippen LogP contribution >= 0.6 is 0 Å². The predicted octanol–water partition coefficient (Wildman–Crippen LogP) is 2.46. The fraction of sp³-hybridized carbons (Fsp3) is 0.357. The van der Waals surface area contributed by atoms with Crippen LogP contribution in [0.15, 0.2) is 24.5 Å². The minimum Gasteiger partial charge on any atom is -0.335 e. The highest BCUT2D eigenvalue weighted by atomic mass is 19.1. The van der Waals surface area contributed by atoms with Gasteiger partial charge < -0.3 is 4.57 Å². The van der Waals surface area contributed by atoms with Gasteiger partial charge in [0, 0.05) is 43.1 Å². The molecule has 0 saturated carbocycles. The van der Waals surface area contributed by atoms with Crippen molar-refractivity contribution in [2.24, 2.45) is 5.84 Å². The Balaban J connectivity index is 2.30. The predicted molar refractivity (Wildman–Crippen MR) is 72.6 cm³/mol. The van der Waals surface area contributed by atoms with Crippen LogP contribution in [0, 0.1) is 17.5 Å². The summed E-state index contributed by atoms with van der Waals surface area (Å²) < 4.78 is 42.5. The van der Waals surface area contributed by atoms with Gasteiger partial charge >= 0.3 is 0 Å². The molecule has 4 nitrogen and oxygen atoms in total. The van der Waals surface area contributed by atoms with E-state index in [0.717, 1.165) is 13.0 Å². The van der Waals surface area contributed by atoms with Crippen molar-refractivity contribution in [2.75, 3.05) is 0 Å². The molecule has 3 N–H and O–H groups in total. The molecule has 21 heavy (non-hydrogen) atoms. The van der Waals surface area contributed by atoms with E-state index >= 15 is 0 Å². The molecule has 1 heterocycles. The summed E-state index contributed by atoms with van der Waals surface area (Å²) in [5.74, 6) is 3.16. The van der Waals surface area contributed by atoms with E-state index in [1.807, 2.05) is 11.5 Å². The number of benzene rings is 1. The zero-order valence-corrected chi connectivity index (χ0v) is 11.6. The molecule has 0 spiro atoms. The molecule has 114 valence electrons. The lowest BCUT2D eigenvalue weighted by atomic mass is 10.0. The normalized spacial score (nSPS) is 12.6. The number of nitrogens with one attached hydrogen (secondary N) is 1. The Morgan fingerprint density at radius 2 is 1.95 bits per heavy atom. The molecule has 0 fully saturated rings. The number of aryl methyl sites for hydroxylation is 1. The summed E-state index contributed by atoms with van der Waals surface area (Å²) in [6.45, 7) is 2.77. The maximum Gasteiger partial charge on any atom is 0.133 e. The Bertz CT molecular complexity index is 589. The maximum absolute atomic E-state index is 13.8. The number of nitrogens with two attached hydrogens (primary N) is 1. The number of hydrogen-bond acceptors (Lipinski definition) is 3. The molecular weight excluding hydrogens is 281 g/mol. The fourth-order valence-electron chi connectivity index (χ4n) is 2.29. The van der Waals surface area contributed by atoms with E-state index in [-0.39, 0.29) is 12.0 Å². The van der Waals surface area contributed by atoms with Crippen LogP contribution < -0.4 is 11.3 Å². The van der Waals surface area contributed by atoms with Crippen LogP contribution in [0.1, 0.15) is 30.8 Å². The third-order valence-corrected chi connectivity index (χ3v) is 3.25. The van der Waals surface area contributed by atoms with Gasteiger partial charge in [-0.3, -0.25) is 11.3 Å². The first-order valence-corrected chi connectivity index (χ1v) is 6.67. The SMILES string of the molecule is CCCn1ccnc1CC(NN)c1c(F)cc(F)cc1F. The molecule has 0 bridgehead atoms. The van der Waals surface area contributed by atoms with Gasteiger partial charge in [-0.05, 0) is 6.42 Å². The third kappa shape index (κ3) is 3.43. The van der Waals surface area contributed by atoms with Crippen LogP contribution in [0.2, 0.25) is 0 Å². The van der Waals surface area contributed by atoms with Crippen LogP contribution in [0.5, 0.6) is 0 Å². The summed E-state index contributed by atoms with van der Waals surface area (Å²) in [5.41, 5.74) is 2.08. The van der Waals surface area contributed by atoms with Gasteiger partial charge in [0.05, 0.1) is 6.04 Å². The van der Waals surface area contributed by atoms with E-state index in [1.165, 1.54) is 0 Å².